The van der Waals surface area contributed by atoms with Gasteiger partial charge in [-0.05, 0) is 31.0 Å². The van der Waals surface area contributed by atoms with E-state index in [0.717, 1.165) is 12.8 Å². The SMILES string of the molecule is C=C1CCN(C(=O)c2cccc(F)c2)CC1. The average Bonchev–Trinajstić information content (AvgIpc) is 2.29. The molecule has 0 saturated carbocycles. The largest absolute Gasteiger partial charge is 0.338 e. The Balaban J connectivity index is 2.10. The van der Waals surface area contributed by atoms with Crippen molar-refractivity contribution in [1.82, 2.24) is 4.90 Å². The van der Waals surface area contributed by atoms with Gasteiger partial charge in [0.05, 0.1) is 0 Å². The first kappa shape index (κ1) is 10.9. The van der Waals surface area contributed by atoms with Crippen LogP contribution >= 0.6 is 0 Å². The number of carbonyl (C=O) groups excluding carboxylic acids is 1. The second-order valence-corrected chi connectivity index (χ2v) is 4.05. The van der Waals surface area contributed by atoms with Crippen molar-refractivity contribution in [2.45, 2.75) is 12.8 Å². The number of hydrogen-bond acceptors (Lipinski definition) is 1. The Morgan fingerprint density at radius 3 is 2.62 bits per heavy atom. The van der Waals surface area contributed by atoms with Gasteiger partial charge < -0.3 is 4.90 Å². The standard InChI is InChI=1S/C13H14FNO/c1-10-5-7-15(8-6-10)13(16)11-3-2-4-12(14)9-11/h2-4,9H,1,5-8H2. The minimum atomic E-state index is -0.368. The van der Waals surface area contributed by atoms with Crippen LogP contribution in [0.25, 0.3) is 0 Å². The van der Waals surface area contributed by atoms with E-state index in [2.05, 4.69) is 6.58 Å². The summed E-state index contributed by atoms with van der Waals surface area (Å²) in [6, 6.07) is 5.83. The lowest BCUT2D eigenvalue weighted by Crippen LogP contribution is -2.36. The lowest BCUT2D eigenvalue weighted by Gasteiger charge is -2.28. The summed E-state index contributed by atoms with van der Waals surface area (Å²) in [6.45, 7) is 5.27. The minimum Gasteiger partial charge on any atom is -0.338 e. The summed E-state index contributed by atoms with van der Waals surface area (Å²) in [5.41, 5.74) is 1.61. The molecule has 1 amide bonds. The summed E-state index contributed by atoms with van der Waals surface area (Å²) >= 11 is 0. The first-order valence-corrected chi connectivity index (χ1v) is 5.38. The molecule has 2 nitrogen and oxygen atoms in total. The normalized spacial score (nSPS) is 16.3. The molecule has 1 aliphatic rings. The van der Waals surface area contributed by atoms with E-state index in [9.17, 15) is 9.18 Å². The zero-order chi connectivity index (χ0) is 11.5. The number of carbonyl (C=O) groups is 1. The summed E-state index contributed by atoms with van der Waals surface area (Å²) in [5.74, 6) is -0.459. The molecule has 0 aromatic heterocycles. The molecule has 2 rings (SSSR count). The van der Waals surface area contributed by atoms with Gasteiger partial charge in [-0.1, -0.05) is 18.2 Å². The van der Waals surface area contributed by atoms with Crippen molar-refractivity contribution in [3.63, 3.8) is 0 Å². The Bertz CT molecular complexity index is 418. The first-order valence-electron chi connectivity index (χ1n) is 5.38. The molecule has 0 unspecified atom stereocenters. The maximum Gasteiger partial charge on any atom is 0.253 e. The minimum absolute atomic E-state index is 0.0907. The Morgan fingerprint density at radius 2 is 2.00 bits per heavy atom. The van der Waals surface area contributed by atoms with E-state index in [1.54, 1.807) is 17.0 Å². The van der Waals surface area contributed by atoms with Crippen molar-refractivity contribution in [2.75, 3.05) is 13.1 Å². The van der Waals surface area contributed by atoms with Crippen LogP contribution in [0, 0.1) is 5.82 Å². The molecule has 1 aromatic carbocycles. The summed E-state index contributed by atoms with van der Waals surface area (Å²) in [6.07, 6.45) is 1.70. The van der Waals surface area contributed by atoms with Gasteiger partial charge >= 0.3 is 0 Å². The molecule has 1 aromatic rings. The van der Waals surface area contributed by atoms with Crippen LogP contribution in [0.4, 0.5) is 4.39 Å². The predicted octanol–water partition coefficient (Wildman–Crippen LogP) is 2.62. The van der Waals surface area contributed by atoms with Crippen LogP contribution in [-0.2, 0) is 0 Å². The van der Waals surface area contributed by atoms with E-state index in [1.807, 2.05) is 0 Å². The van der Waals surface area contributed by atoms with E-state index in [1.165, 1.54) is 17.7 Å². The summed E-state index contributed by atoms with van der Waals surface area (Å²) in [5, 5.41) is 0. The Morgan fingerprint density at radius 1 is 1.31 bits per heavy atom. The predicted molar refractivity (Wildman–Crippen MR) is 60.7 cm³/mol. The fraction of sp³-hybridized carbons (Fsp3) is 0.308. The number of piperidine rings is 1. The van der Waals surface area contributed by atoms with E-state index < -0.39 is 0 Å². The van der Waals surface area contributed by atoms with Crippen LogP contribution in [0.15, 0.2) is 36.4 Å². The molecule has 84 valence electrons. The lowest BCUT2D eigenvalue weighted by molar-refractivity contribution is 0.0743. The third-order valence-corrected chi connectivity index (χ3v) is 2.83. The van der Waals surface area contributed by atoms with Crippen LogP contribution in [0.2, 0.25) is 0 Å². The number of likely N-dealkylation sites (tertiary alicyclic amines) is 1. The quantitative estimate of drug-likeness (QED) is 0.665. The van der Waals surface area contributed by atoms with Crippen molar-refractivity contribution in [3.8, 4) is 0 Å². The van der Waals surface area contributed by atoms with Crippen LogP contribution in [0.1, 0.15) is 23.2 Å². The Hall–Kier alpha value is -1.64. The fourth-order valence-corrected chi connectivity index (χ4v) is 1.83. The lowest BCUT2D eigenvalue weighted by atomic mass is 10.0. The van der Waals surface area contributed by atoms with Crippen molar-refractivity contribution < 1.29 is 9.18 Å². The average molecular weight is 219 g/mol. The molecule has 1 fully saturated rings. The van der Waals surface area contributed by atoms with Gasteiger partial charge in [0.15, 0.2) is 0 Å². The van der Waals surface area contributed by atoms with Crippen molar-refractivity contribution >= 4 is 5.91 Å². The summed E-state index contributed by atoms with van der Waals surface area (Å²) in [7, 11) is 0. The number of amides is 1. The fourth-order valence-electron chi connectivity index (χ4n) is 1.83. The van der Waals surface area contributed by atoms with Crippen LogP contribution in [-0.4, -0.2) is 23.9 Å². The number of halogens is 1. The van der Waals surface area contributed by atoms with Crippen LogP contribution in [0.3, 0.4) is 0 Å². The zero-order valence-electron chi connectivity index (χ0n) is 9.08. The highest BCUT2D eigenvalue weighted by atomic mass is 19.1. The molecule has 0 atom stereocenters. The van der Waals surface area contributed by atoms with Gasteiger partial charge in [-0.15, -0.1) is 0 Å². The van der Waals surface area contributed by atoms with E-state index >= 15 is 0 Å². The van der Waals surface area contributed by atoms with E-state index in [4.69, 9.17) is 0 Å². The van der Waals surface area contributed by atoms with Crippen molar-refractivity contribution in [1.29, 1.82) is 0 Å². The van der Waals surface area contributed by atoms with Crippen molar-refractivity contribution in [2.24, 2.45) is 0 Å². The molecule has 0 aliphatic carbocycles. The van der Waals surface area contributed by atoms with Gasteiger partial charge in [0.1, 0.15) is 5.82 Å². The molecule has 1 saturated heterocycles. The molecule has 16 heavy (non-hydrogen) atoms. The highest BCUT2D eigenvalue weighted by molar-refractivity contribution is 5.94. The molecule has 0 radical (unpaired) electrons. The third-order valence-electron chi connectivity index (χ3n) is 2.83. The summed E-state index contributed by atoms with van der Waals surface area (Å²) < 4.78 is 13.0. The zero-order valence-corrected chi connectivity index (χ0v) is 9.08. The number of benzene rings is 1. The molecule has 0 N–H and O–H groups in total. The van der Waals surface area contributed by atoms with Gasteiger partial charge in [0.2, 0.25) is 0 Å². The summed E-state index contributed by atoms with van der Waals surface area (Å²) in [4.78, 5) is 13.7. The van der Waals surface area contributed by atoms with Gasteiger partial charge in [-0.25, -0.2) is 4.39 Å². The van der Waals surface area contributed by atoms with Crippen molar-refractivity contribution in [3.05, 3.63) is 47.8 Å². The van der Waals surface area contributed by atoms with E-state index in [0.29, 0.717) is 18.7 Å². The van der Waals surface area contributed by atoms with Gasteiger partial charge in [-0.2, -0.15) is 0 Å². The monoisotopic (exact) mass is 219 g/mol. The van der Waals surface area contributed by atoms with Gasteiger partial charge in [0.25, 0.3) is 5.91 Å². The maximum atomic E-state index is 13.0. The molecular formula is C13H14FNO. The molecule has 0 spiro atoms. The smallest absolute Gasteiger partial charge is 0.253 e. The van der Waals surface area contributed by atoms with Crippen LogP contribution in [0.5, 0.6) is 0 Å². The van der Waals surface area contributed by atoms with Gasteiger partial charge in [-0.3, -0.25) is 4.79 Å². The maximum absolute atomic E-state index is 13.0. The second kappa shape index (κ2) is 4.47. The van der Waals surface area contributed by atoms with Gasteiger partial charge in [0, 0.05) is 18.7 Å². The first-order chi connectivity index (χ1) is 7.66. The topological polar surface area (TPSA) is 20.3 Å². The molecule has 0 bridgehead atoms. The highest BCUT2D eigenvalue weighted by Crippen LogP contribution is 2.16. The molecular weight excluding hydrogens is 205 g/mol. The Labute approximate surface area is 94.4 Å². The second-order valence-electron chi connectivity index (χ2n) is 4.05. The molecule has 1 aliphatic heterocycles. The Kier molecular flexibility index (Phi) is 3.04. The number of nitrogens with zero attached hydrogens (tertiary/aromatic N) is 1. The number of rotatable bonds is 1. The highest BCUT2D eigenvalue weighted by Gasteiger charge is 2.19. The third kappa shape index (κ3) is 2.30. The van der Waals surface area contributed by atoms with Crippen LogP contribution < -0.4 is 0 Å². The van der Waals surface area contributed by atoms with E-state index in [-0.39, 0.29) is 11.7 Å². The molecule has 1 heterocycles. The molecule has 3 heteroatoms. The number of hydrogen-bond donors (Lipinski definition) is 0.